The number of phenols is 1. The van der Waals surface area contributed by atoms with Gasteiger partial charge in [0, 0.05) is 26.2 Å². The molecule has 0 saturated carbocycles. The number of hydrogen-bond acceptors (Lipinski definition) is 5. The van der Waals surface area contributed by atoms with Crippen molar-refractivity contribution >= 4 is 17.8 Å². The molecule has 2 heterocycles. The number of likely N-dealkylation sites (tertiary alicyclic amines) is 1. The second kappa shape index (κ2) is 9.00. The van der Waals surface area contributed by atoms with Crippen LogP contribution in [0, 0.1) is 0 Å². The Morgan fingerprint density at radius 3 is 2.34 bits per heavy atom. The fourth-order valence-electron chi connectivity index (χ4n) is 4.75. The molecule has 32 heavy (non-hydrogen) atoms. The van der Waals surface area contributed by atoms with E-state index in [0.717, 1.165) is 16.0 Å². The second-order valence-corrected chi connectivity index (χ2v) is 8.51. The molecule has 0 unspecified atom stereocenters. The summed E-state index contributed by atoms with van der Waals surface area (Å²) in [5, 5.41) is 9.71. The molecular weight excluding hydrogens is 408 g/mol. The van der Waals surface area contributed by atoms with Crippen LogP contribution in [0.25, 0.3) is 0 Å². The van der Waals surface area contributed by atoms with Gasteiger partial charge in [-0.05, 0) is 42.5 Å². The molecule has 0 aliphatic carbocycles. The molecule has 3 N–H and O–H groups in total. The highest BCUT2D eigenvalue weighted by Crippen LogP contribution is 2.37. The summed E-state index contributed by atoms with van der Waals surface area (Å²) in [6.45, 7) is 1.91. The molecule has 0 atom stereocenters. The van der Waals surface area contributed by atoms with Crippen LogP contribution in [-0.4, -0.2) is 69.4 Å². The van der Waals surface area contributed by atoms with Crippen LogP contribution in [0.5, 0.6) is 5.75 Å². The summed E-state index contributed by atoms with van der Waals surface area (Å²) in [5.74, 6) is -0.804. The first kappa shape index (κ1) is 21.8. The van der Waals surface area contributed by atoms with E-state index in [1.54, 1.807) is 17.0 Å². The van der Waals surface area contributed by atoms with E-state index in [1.165, 1.54) is 0 Å². The van der Waals surface area contributed by atoms with Crippen LogP contribution in [0.3, 0.4) is 0 Å². The number of aromatic hydroxyl groups is 1. The van der Waals surface area contributed by atoms with Gasteiger partial charge in [-0.1, -0.05) is 42.5 Å². The Hall–Kier alpha value is -3.39. The zero-order valence-electron chi connectivity index (χ0n) is 17.9. The fourth-order valence-corrected chi connectivity index (χ4v) is 4.75. The summed E-state index contributed by atoms with van der Waals surface area (Å²) >= 11 is 0. The molecule has 8 heteroatoms. The Labute approximate surface area is 187 Å². The summed E-state index contributed by atoms with van der Waals surface area (Å²) in [4.78, 5) is 42.9. The second-order valence-electron chi connectivity index (χ2n) is 8.51. The number of carbonyl (C=O) groups excluding carboxylic acids is 3. The van der Waals surface area contributed by atoms with Gasteiger partial charge in [-0.15, -0.1) is 0 Å². The van der Waals surface area contributed by atoms with Gasteiger partial charge in [0.1, 0.15) is 17.8 Å². The van der Waals surface area contributed by atoms with Crippen molar-refractivity contribution in [2.75, 3.05) is 26.2 Å². The summed E-state index contributed by atoms with van der Waals surface area (Å²) in [7, 11) is 0. The molecule has 2 saturated heterocycles. The zero-order valence-corrected chi connectivity index (χ0v) is 17.9. The van der Waals surface area contributed by atoms with Gasteiger partial charge in [0.05, 0.1) is 0 Å². The largest absolute Gasteiger partial charge is 0.508 e. The van der Waals surface area contributed by atoms with Crippen LogP contribution >= 0.6 is 0 Å². The zero-order chi connectivity index (χ0) is 22.7. The molecule has 0 aromatic heterocycles. The average molecular weight is 437 g/mol. The van der Waals surface area contributed by atoms with Crippen LogP contribution in [0.15, 0.2) is 54.6 Å². The van der Waals surface area contributed by atoms with Crippen molar-refractivity contribution in [3.05, 3.63) is 65.7 Å². The van der Waals surface area contributed by atoms with E-state index in [9.17, 15) is 19.5 Å². The Bertz CT molecular complexity index is 1000. The third kappa shape index (κ3) is 4.31. The lowest BCUT2D eigenvalue weighted by Gasteiger charge is -2.42. The van der Waals surface area contributed by atoms with E-state index in [4.69, 9.17) is 5.73 Å². The maximum Gasteiger partial charge on any atom is 0.328 e. The van der Waals surface area contributed by atoms with E-state index < -0.39 is 24.0 Å². The molecule has 2 fully saturated rings. The highest BCUT2D eigenvalue weighted by molar-refractivity contribution is 6.09. The van der Waals surface area contributed by atoms with Gasteiger partial charge < -0.3 is 15.7 Å². The van der Waals surface area contributed by atoms with E-state index in [1.807, 2.05) is 42.5 Å². The van der Waals surface area contributed by atoms with Gasteiger partial charge in [-0.3, -0.25) is 19.4 Å². The molecule has 4 rings (SSSR count). The van der Waals surface area contributed by atoms with Gasteiger partial charge in [-0.2, -0.15) is 0 Å². The first-order valence-electron chi connectivity index (χ1n) is 10.9. The van der Waals surface area contributed by atoms with Gasteiger partial charge in [0.15, 0.2) is 0 Å². The van der Waals surface area contributed by atoms with Crippen molar-refractivity contribution in [1.82, 2.24) is 14.7 Å². The van der Waals surface area contributed by atoms with Crippen LogP contribution in [0.2, 0.25) is 0 Å². The van der Waals surface area contributed by atoms with E-state index in [-0.39, 0.29) is 11.7 Å². The fraction of sp³-hybridized carbons (Fsp3) is 0.375. The number of amides is 4. The standard InChI is InChI=1S/C24H28N4O4/c25-21(30)17-27-22(31)24(28(23(27)32)12-9-18-5-2-1-3-6-18)10-13-26(14-11-24)16-19-7-4-8-20(29)15-19/h1-8,15,29H,9-14,16-17H2,(H2,25,30). The Balaban J connectivity index is 1.51. The summed E-state index contributed by atoms with van der Waals surface area (Å²) in [6, 6.07) is 16.5. The number of phenolic OH excluding ortho intramolecular Hbond substituents is 1. The van der Waals surface area contributed by atoms with Crippen LogP contribution < -0.4 is 5.73 Å². The predicted octanol–water partition coefficient (Wildman–Crippen LogP) is 1.72. The number of imide groups is 1. The molecule has 168 valence electrons. The molecule has 2 aromatic carbocycles. The van der Waals surface area contributed by atoms with Gasteiger partial charge in [0.25, 0.3) is 5.91 Å². The Morgan fingerprint density at radius 1 is 1.00 bits per heavy atom. The summed E-state index contributed by atoms with van der Waals surface area (Å²) in [5.41, 5.74) is 6.44. The number of primary amides is 1. The highest BCUT2D eigenvalue weighted by Gasteiger charge is 2.57. The SMILES string of the molecule is NC(=O)CN1C(=O)N(CCc2ccccc2)C2(CCN(Cc3cccc(O)c3)CC2)C1=O. The van der Waals surface area contributed by atoms with Gasteiger partial charge in [0.2, 0.25) is 5.91 Å². The molecule has 0 radical (unpaired) electrons. The topological polar surface area (TPSA) is 107 Å². The van der Waals surface area contributed by atoms with Crippen molar-refractivity contribution in [3.8, 4) is 5.75 Å². The monoisotopic (exact) mass is 436 g/mol. The van der Waals surface area contributed by atoms with Crippen molar-refractivity contribution in [1.29, 1.82) is 0 Å². The van der Waals surface area contributed by atoms with Crippen molar-refractivity contribution in [3.63, 3.8) is 0 Å². The summed E-state index contributed by atoms with van der Waals surface area (Å²) in [6.07, 6.45) is 1.60. The molecule has 4 amide bonds. The number of piperidine rings is 1. The third-order valence-electron chi connectivity index (χ3n) is 6.40. The molecular formula is C24H28N4O4. The number of nitrogens with zero attached hydrogens (tertiary/aromatic N) is 3. The minimum absolute atomic E-state index is 0.224. The lowest BCUT2D eigenvalue weighted by molar-refractivity contribution is -0.137. The van der Waals surface area contributed by atoms with Crippen molar-refractivity contribution < 1.29 is 19.5 Å². The lowest BCUT2D eigenvalue weighted by atomic mass is 9.85. The highest BCUT2D eigenvalue weighted by atomic mass is 16.3. The first-order chi connectivity index (χ1) is 15.4. The van der Waals surface area contributed by atoms with Crippen molar-refractivity contribution in [2.24, 2.45) is 5.73 Å². The molecule has 2 aromatic rings. The van der Waals surface area contributed by atoms with E-state index in [0.29, 0.717) is 45.4 Å². The van der Waals surface area contributed by atoms with Crippen LogP contribution in [0.1, 0.15) is 24.0 Å². The maximum atomic E-state index is 13.4. The number of hydrogen-bond donors (Lipinski definition) is 2. The minimum Gasteiger partial charge on any atom is -0.508 e. The van der Waals surface area contributed by atoms with E-state index in [2.05, 4.69) is 4.90 Å². The van der Waals surface area contributed by atoms with Crippen LogP contribution in [0.4, 0.5) is 4.79 Å². The minimum atomic E-state index is -0.948. The third-order valence-corrected chi connectivity index (χ3v) is 6.40. The Morgan fingerprint density at radius 2 is 1.69 bits per heavy atom. The molecule has 0 bridgehead atoms. The maximum absolute atomic E-state index is 13.4. The molecule has 2 aliphatic rings. The first-order valence-corrected chi connectivity index (χ1v) is 10.9. The average Bonchev–Trinajstić information content (AvgIpc) is 2.95. The smallest absolute Gasteiger partial charge is 0.328 e. The van der Waals surface area contributed by atoms with Gasteiger partial charge in [-0.25, -0.2) is 4.79 Å². The molecule has 1 spiro atoms. The summed E-state index contributed by atoms with van der Waals surface area (Å²) < 4.78 is 0. The quantitative estimate of drug-likeness (QED) is 0.643. The Kier molecular flexibility index (Phi) is 6.14. The number of carbonyl (C=O) groups is 3. The molecule has 2 aliphatic heterocycles. The van der Waals surface area contributed by atoms with Crippen LogP contribution in [-0.2, 0) is 22.6 Å². The number of urea groups is 1. The predicted molar refractivity (Wildman–Crippen MR) is 119 cm³/mol. The number of benzene rings is 2. The van der Waals surface area contributed by atoms with Crippen molar-refractivity contribution in [2.45, 2.75) is 31.3 Å². The normalized spacial score (nSPS) is 18.5. The van der Waals surface area contributed by atoms with Gasteiger partial charge >= 0.3 is 6.03 Å². The number of nitrogens with two attached hydrogens (primary N) is 1. The molecule has 8 nitrogen and oxygen atoms in total. The lowest BCUT2D eigenvalue weighted by Crippen LogP contribution is -2.56. The van der Waals surface area contributed by atoms with E-state index >= 15 is 0 Å². The number of rotatable bonds is 7.